The molecule has 2 aromatic heterocycles. The molecule has 164 valence electrons. The van der Waals surface area contributed by atoms with Crippen LogP contribution in [0.5, 0.6) is 5.75 Å². The number of pyridine rings is 1. The van der Waals surface area contributed by atoms with E-state index in [2.05, 4.69) is 36.9 Å². The van der Waals surface area contributed by atoms with Gasteiger partial charge in [0.15, 0.2) is 11.8 Å². The van der Waals surface area contributed by atoms with Gasteiger partial charge in [0.1, 0.15) is 5.75 Å². The lowest BCUT2D eigenvalue weighted by molar-refractivity contribution is -0.132. The van der Waals surface area contributed by atoms with Crippen LogP contribution in [0.15, 0.2) is 28.7 Å². The van der Waals surface area contributed by atoms with Gasteiger partial charge in [-0.05, 0) is 63.4 Å². The fourth-order valence-electron chi connectivity index (χ4n) is 3.56. The van der Waals surface area contributed by atoms with E-state index in [-0.39, 0.29) is 12.3 Å². The first-order valence-corrected chi connectivity index (χ1v) is 10.8. The van der Waals surface area contributed by atoms with Crippen molar-refractivity contribution in [3.8, 4) is 5.75 Å². The Morgan fingerprint density at radius 3 is 2.65 bits per heavy atom. The molecule has 0 saturated heterocycles. The molecular formula is C22H26BrN5O3. The fraction of sp³-hybridized carbons (Fsp3) is 0.364. The van der Waals surface area contributed by atoms with E-state index in [0.29, 0.717) is 12.2 Å². The van der Waals surface area contributed by atoms with Crippen LogP contribution in [0.1, 0.15) is 35.9 Å². The molecule has 0 aliphatic carbocycles. The van der Waals surface area contributed by atoms with Crippen LogP contribution in [0.25, 0.3) is 11.0 Å². The van der Waals surface area contributed by atoms with Crippen molar-refractivity contribution in [2.45, 2.75) is 46.6 Å². The van der Waals surface area contributed by atoms with Crippen molar-refractivity contribution in [1.29, 1.82) is 0 Å². The number of fused-ring (bicyclic) bond motifs is 1. The van der Waals surface area contributed by atoms with E-state index in [4.69, 9.17) is 4.74 Å². The average molecular weight is 488 g/mol. The highest BCUT2D eigenvalue weighted by molar-refractivity contribution is 9.10. The molecule has 31 heavy (non-hydrogen) atoms. The van der Waals surface area contributed by atoms with Gasteiger partial charge in [-0.25, -0.2) is 4.98 Å². The van der Waals surface area contributed by atoms with Crippen LogP contribution in [-0.4, -0.2) is 32.7 Å². The van der Waals surface area contributed by atoms with E-state index < -0.39 is 12.0 Å². The zero-order valence-corrected chi connectivity index (χ0v) is 19.8. The van der Waals surface area contributed by atoms with E-state index >= 15 is 0 Å². The Bertz CT molecular complexity index is 1140. The van der Waals surface area contributed by atoms with Crippen LogP contribution in [0, 0.1) is 20.8 Å². The Morgan fingerprint density at radius 2 is 1.94 bits per heavy atom. The number of nitrogens with one attached hydrogen (secondary N) is 2. The number of nitrogens with zero attached hydrogens (tertiary/aromatic N) is 3. The highest BCUT2D eigenvalue weighted by atomic mass is 79.9. The van der Waals surface area contributed by atoms with Gasteiger partial charge in [-0.1, -0.05) is 22.0 Å². The SMILES string of the molecule is Cc1nc2c(c(C)nn2C)c(C)c1CCC(=O)NNC(=O)C(C)Oc1cccc(Br)c1. The Hall–Kier alpha value is -2.94. The zero-order chi connectivity index (χ0) is 22.7. The van der Waals surface area contributed by atoms with Gasteiger partial charge in [-0.15, -0.1) is 0 Å². The minimum Gasteiger partial charge on any atom is -0.481 e. The third-order valence-corrected chi connectivity index (χ3v) is 5.63. The Balaban J connectivity index is 1.55. The first-order valence-electron chi connectivity index (χ1n) is 9.97. The van der Waals surface area contributed by atoms with Crippen molar-refractivity contribution < 1.29 is 14.3 Å². The summed E-state index contributed by atoms with van der Waals surface area (Å²) in [6.07, 6.45) is -0.0324. The first kappa shape index (κ1) is 22.7. The number of ether oxygens (including phenoxy) is 1. The topological polar surface area (TPSA) is 98.1 Å². The molecule has 1 aromatic carbocycles. The molecule has 2 heterocycles. The second-order valence-corrected chi connectivity index (χ2v) is 8.38. The van der Waals surface area contributed by atoms with E-state index in [1.54, 1.807) is 23.7 Å². The van der Waals surface area contributed by atoms with E-state index in [1.165, 1.54) is 0 Å². The van der Waals surface area contributed by atoms with E-state index in [9.17, 15) is 9.59 Å². The van der Waals surface area contributed by atoms with Crippen LogP contribution in [-0.2, 0) is 23.1 Å². The van der Waals surface area contributed by atoms with Crippen LogP contribution in [0.4, 0.5) is 0 Å². The maximum atomic E-state index is 12.3. The second kappa shape index (κ2) is 9.47. The number of hydrogen-bond acceptors (Lipinski definition) is 5. The number of carbonyl (C=O) groups excluding carboxylic acids is 2. The first-order chi connectivity index (χ1) is 14.7. The van der Waals surface area contributed by atoms with Crippen molar-refractivity contribution >= 4 is 38.8 Å². The molecule has 0 bridgehead atoms. The van der Waals surface area contributed by atoms with Gasteiger partial charge in [-0.3, -0.25) is 25.1 Å². The summed E-state index contributed by atoms with van der Waals surface area (Å²) in [6.45, 7) is 7.54. The number of aryl methyl sites for hydroxylation is 4. The summed E-state index contributed by atoms with van der Waals surface area (Å²) in [5.41, 5.74) is 9.62. The molecule has 2 N–H and O–H groups in total. The lowest BCUT2D eigenvalue weighted by Crippen LogP contribution is -2.47. The Kier molecular flexibility index (Phi) is 6.94. The van der Waals surface area contributed by atoms with Gasteiger partial charge in [-0.2, -0.15) is 5.10 Å². The van der Waals surface area contributed by atoms with E-state index in [0.717, 1.165) is 38.0 Å². The normalized spacial score (nSPS) is 11.9. The molecule has 1 atom stereocenters. The smallest absolute Gasteiger partial charge is 0.279 e. The summed E-state index contributed by atoms with van der Waals surface area (Å²) in [4.78, 5) is 29.2. The van der Waals surface area contributed by atoms with Crippen molar-refractivity contribution in [3.05, 3.63) is 51.3 Å². The molecule has 3 aromatic rings. The van der Waals surface area contributed by atoms with Crippen molar-refractivity contribution in [3.63, 3.8) is 0 Å². The molecule has 8 nitrogen and oxygen atoms in total. The summed E-state index contributed by atoms with van der Waals surface area (Å²) in [5, 5.41) is 5.46. The number of hydrogen-bond donors (Lipinski definition) is 2. The molecule has 0 radical (unpaired) electrons. The number of halogens is 1. The molecule has 0 saturated carbocycles. The summed E-state index contributed by atoms with van der Waals surface area (Å²) in [5.74, 6) is -0.164. The molecule has 9 heteroatoms. The monoisotopic (exact) mass is 487 g/mol. The minimum absolute atomic E-state index is 0.218. The van der Waals surface area contributed by atoms with Gasteiger partial charge in [0.25, 0.3) is 5.91 Å². The number of carbonyl (C=O) groups is 2. The number of amides is 2. The average Bonchev–Trinajstić information content (AvgIpc) is 2.99. The second-order valence-electron chi connectivity index (χ2n) is 7.46. The number of rotatable bonds is 6. The van der Waals surface area contributed by atoms with Crippen LogP contribution >= 0.6 is 15.9 Å². The lowest BCUT2D eigenvalue weighted by Gasteiger charge is -2.15. The predicted molar refractivity (Wildman–Crippen MR) is 122 cm³/mol. The highest BCUT2D eigenvalue weighted by Crippen LogP contribution is 2.26. The third-order valence-electron chi connectivity index (χ3n) is 5.14. The molecule has 0 spiro atoms. The molecular weight excluding hydrogens is 462 g/mol. The quantitative estimate of drug-likeness (QED) is 0.520. The van der Waals surface area contributed by atoms with Crippen LogP contribution in [0.2, 0.25) is 0 Å². The maximum absolute atomic E-state index is 12.3. The van der Waals surface area contributed by atoms with Crippen LogP contribution in [0.3, 0.4) is 0 Å². The van der Waals surface area contributed by atoms with Crippen LogP contribution < -0.4 is 15.6 Å². The summed E-state index contributed by atoms with van der Waals surface area (Å²) in [7, 11) is 1.87. The number of benzene rings is 1. The molecule has 3 rings (SSSR count). The lowest BCUT2D eigenvalue weighted by atomic mass is 9.99. The molecule has 0 fully saturated rings. The Labute approximate surface area is 189 Å². The molecule has 2 amide bonds. The van der Waals surface area contributed by atoms with Gasteiger partial charge < -0.3 is 4.74 Å². The van der Waals surface area contributed by atoms with E-state index in [1.807, 2.05) is 40.0 Å². The van der Waals surface area contributed by atoms with Gasteiger partial charge in [0.05, 0.1) is 5.69 Å². The zero-order valence-electron chi connectivity index (χ0n) is 18.2. The fourth-order valence-corrected chi connectivity index (χ4v) is 3.94. The summed E-state index contributed by atoms with van der Waals surface area (Å²) < 4.78 is 8.22. The highest BCUT2D eigenvalue weighted by Gasteiger charge is 2.18. The molecule has 1 unspecified atom stereocenters. The van der Waals surface area contributed by atoms with Crippen molar-refractivity contribution in [2.75, 3.05) is 0 Å². The number of aromatic nitrogens is 3. The van der Waals surface area contributed by atoms with Gasteiger partial charge in [0.2, 0.25) is 5.91 Å². The third kappa shape index (κ3) is 5.22. The van der Waals surface area contributed by atoms with Crippen molar-refractivity contribution in [1.82, 2.24) is 25.6 Å². The van der Waals surface area contributed by atoms with Crippen molar-refractivity contribution in [2.24, 2.45) is 7.05 Å². The van der Waals surface area contributed by atoms with Gasteiger partial charge >= 0.3 is 0 Å². The largest absolute Gasteiger partial charge is 0.481 e. The predicted octanol–water partition coefficient (Wildman–Crippen LogP) is 3.20. The summed E-state index contributed by atoms with van der Waals surface area (Å²) >= 11 is 3.36. The minimum atomic E-state index is -0.765. The van der Waals surface area contributed by atoms with Gasteiger partial charge in [0, 0.05) is 29.0 Å². The maximum Gasteiger partial charge on any atom is 0.279 e. The molecule has 0 aliphatic rings. The molecule has 0 aliphatic heterocycles. The summed E-state index contributed by atoms with van der Waals surface area (Å²) in [6, 6.07) is 7.20. The standard InChI is InChI=1S/C22H26BrN5O3/c1-12-18(13(2)24-21-20(12)14(3)27-28(21)5)9-10-19(29)25-26-22(30)15(4)31-17-8-6-7-16(23)11-17/h6-8,11,15H,9-10H2,1-5H3,(H,25,29)(H,26,30). The number of hydrazine groups is 1. The Morgan fingerprint density at radius 1 is 1.19 bits per heavy atom.